The van der Waals surface area contributed by atoms with Crippen LogP contribution in [0.4, 0.5) is 4.39 Å². The van der Waals surface area contributed by atoms with Gasteiger partial charge in [-0.3, -0.25) is 9.69 Å². The van der Waals surface area contributed by atoms with Gasteiger partial charge >= 0.3 is 0 Å². The molecule has 3 heterocycles. The molecular weight excluding hydrogens is 391 g/mol. The number of likely N-dealkylation sites (tertiary alicyclic amines) is 1. The van der Waals surface area contributed by atoms with Crippen molar-refractivity contribution in [2.75, 3.05) is 13.1 Å². The smallest absolute Gasteiger partial charge is 0.268 e. The molecule has 6 nitrogen and oxygen atoms in total. The number of thiophene rings is 1. The molecule has 0 spiro atoms. The van der Waals surface area contributed by atoms with Crippen molar-refractivity contribution in [1.29, 1.82) is 0 Å². The molecule has 1 N–H and O–H groups in total. The maximum Gasteiger partial charge on any atom is 0.268 e. The molecule has 0 bridgehead atoms. The minimum atomic E-state index is -0.242. The minimum Gasteiger partial charge on any atom is -0.352 e. The first-order valence-electron chi connectivity index (χ1n) is 9.70. The number of hydrogen-bond donors (Lipinski definition) is 1. The molecule has 1 fully saturated rings. The lowest BCUT2D eigenvalue weighted by molar-refractivity contribution is -0.126. The van der Waals surface area contributed by atoms with E-state index >= 15 is 0 Å². The summed E-state index contributed by atoms with van der Waals surface area (Å²) >= 11 is 1.57. The number of piperidine rings is 1. The molecule has 8 heteroatoms. The van der Waals surface area contributed by atoms with Gasteiger partial charge in [-0.05, 0) is 61.5 Å². The molecule has 1 amide bonds. The summed E-state index contributed by atoms with van der Waals surface area (Å²) in [5, 5.41) is 8.98. The summed E-state index contributed by atoms with van der Waals surface area (Å²) in [4.78, 5) is 20.1. The second-order valence-corrected chi connectivity index (χ2v) is 8.29. The highest BCUT2D eigenvalue weighted by Gasteiger charge is 2.25. The van der Waals surface area contributed by atoms with Gasteiger partial charge in [-0.2, -0.15) is 4.98 Å². The van der Waals surface area contributed by atoms with Crippen LogP contribution >= 0.6 is 11.3 Å². The fraction of sp³-hybridized carbons (Fsp3) is 0.381. The van der Waals surface area contributed by atoms with Gasteiger partial charge in [0.1, 0.15) is 5.82 Å². The molecule has 0 atom stereocenters. The van der Waals surface area contributed by atoms with Gasteiger partial charge in [0.15, 0.2) is 5.82 Å². The van der Waals surface area contributed by atoms with Crippen LogP contribution in [0.2, 0.25) is 0 Å². The van der Waals surface area contributed by atoms with Crippen LogP contribution in [0, 0.1) is 18.7 Å². The zero-order valence-corrected chi connectivity index (χ0v) is 17.0. The van der Waals surface area contributed by atoms with Gasteiger partial charge in [-0.1, -0.05) is 23.4 Å². The summed E-state index contributed by atoms with van der Waals surface area (Å²) in [6, 6.07) is 8.97. The standard InChI is InChI=1S/C21H23FN4O2S/c1-14-4-5-15(11-17(14)22)12-23-20(27)16-6-8-26(9-7-16)13-19-24-21(28-25-19)18-3-2-10-29-18/h2-5,10-11,16H,6-9,12-13H2,1H3,(H,23,27). The Kier molecular flexibility index (Phi) is 6.01. The fourth-order valence-electron chi connectivity index (χ4n) is 3.45. The summed E-state index contributed by atoms with van der Waals surface area (Å²) in [5.41, 5.74) is 1.38. The molecule has 29 heavy (non-hydrogen) atoms. The molecule has 0 unspecified atom stereocenters. The Bertz CT molecular complexity index is 965. The van der Waals surface area contributed by atoms with E-state index in [0.29, 0.717) is 30.4 Å². The Balaban J connectivity index is 1.23. The number of hydrogen-bond acceptors (Lipinski definition) is 6. The van der Waals surface area contributed by atoms with Crippen molar-refractivity contribution in [3.8, 4) is 10.8 Å². The Morgan fingerprint density at radius 1 is 1.34 bits per heavy atom. The molecular formula is C21H23FN4O2S. The lowest BCUT2D eigenvalue weighted by Crippen LogP contribution is -2.40. The number of carbonyl (C=O) groups excluding carboxylic acids is 1. The summed E-state index contributed by atoms with van der Waals surface area (Å²) in [6.45, 7) is 4.31. The molecule has 2 aromatic heterocycles. The van der Waals surface area contributed by atoms with Gasteiger partial charge in [0.2, 0.25) is 5.91 Å². The third-order valence-corrected chi connectivity index (χ3v) is 6.08. The Labute approximate surface area is 172 Å². The molecule has 0 saturated carbocycles. The van der Waals surface area contributed by atoms with Crippen molar-refractivity contribution in [2.45, 2.75) is 32.9 Å². The third kappa shape index (κ3) is 4.89. The highest BCUT2D eigenvalue weighted by Crippen LogP contribution is 2.24. The maximum absolute atomic E-state index is 13.6. The van der Waals surface area contributed by atoms with Crippen LogP contribution in [0.3, 0.4) is 0 Å². The van der Waals surface area contributed by atoms with E-state index < -0.39 is 0 Å². The van der Waals surface area contributed by atoms with E-state index in [1.54, 1.807) is 24.3 Å². The number of halogens is 1. The first-order chi connectivity index (χ1) is 14.1. The lowest BCUT2D eigenvalue weighted by Gasteiger charge is -2.30. The van der Waals surface area contributed by atoms with Crippen molar-refractivity contribution < 1.29 is 13.7 Å². The van der Waals surface area contributed by atoms with Gasteiger partial charge in [0.05, 0.1) is 11.4 Å². The van der Waals surface area contributed by atoms with E-state index in [-0.39, 0.29) is 17.6 Å². The van der Waals surface area contributed by atoms with Gasteiger partial charge < -0.3 is 9.84 Å². The van der Waals surface area contributed by atoms with Gasteiger partial charge in [-0.15, -0.1) is 11.3 Å². The zero-order chi connectivity index (χ0) is 20.2. The summed E-state index contributed by atoms with van der Waals surface area (Å²) in [7, 11) is 0. The van der Waals surface area contributed by atoms with Crippen LogP contribution in [0.5, 0.6) is 0 Å². The highest BCUT2D eigenvalue weighted by molar-refractivity contribution is 7.13. The molecule has 4 rings (SSSR count). The number of aryl methyl sites for hydroxylation is 1. The molecule has 1 aliphatic rings. The van der Waals surface area contributed by atoms with Crippen molar-refractivity contribution in [1.82, 2.24) is 20.4 Å². The van der Waals surface area contributed by atoms with Gasteiger partial charge in [0, 0.05) is 12.5 Å². The Hall–Kier alpha value is -2.58. The van der Waals surface area contributed by atoms with Crippen LogP contribution in [0.25, 0.3) is 10.8 Å². The monoisotopic (exact) mass is 414 g/mol. The molecule has 3 aromatic rings. The molecule has 1 saturated heterocycles. The lowest BCUT2D eigenvalue weighted by atomic mass is 9.96. The first-order valence-corrected chi connectivity index (χ1v) is 10.6. The van der Waals surface area contributed by atoms with E-state index in [2.05, 4.69) is 20.4 Å². The van der Waals surface area contributed by atoms with Crippen molar-refractivity contribution in [3.05, 3.63) is 58.5 Å². The van der Waals surface area contributed by atoms with Crippen LogP contribution in [-0.2, 0) is 17.9 Å². The van der Waals surface area contributed by atoms with E-state index in [4.69, 9.17) is 4.52 Å². The number of amides is 1. The number of aromatic nitrogens is 2. The number of benzene rings is 1. The quantitative estimate of drug-likeness (QED) is 0.665. The summed E-state index contributed by atoms with van der Waals surface area (Å²) < 4.78 is 19.0. The minimum absolute atomic E-state index is 0.0199. The van der Waals surface area contributed by atoms with Crippen LogP contribution in [0.1, 0.15) is 29.8 Å². The third-order valence-electron chi connectivity index (χ3n) is 5.23. The number of nitrogens with one attached hydrogen (secondary N) is 1. The summed E-state index contributed by atoms with van der Waals surface area (Å²) in [6.07, 6.45) is 1.56. The summed E-state index contributed by atoms with van der Waals surface area (Å²) in [5.74, 6) is 0.988. The number of carbonyl (C=O) groups is 1. The van der Waals surface area contributed by atoms with E-state index in [1.165, 1.54) is 6.07 Å². The van der Waals surface area contributed by atoms with Crippen LogP contribution in [-0.4, -0.2) is 34.0 Å². The van der Waals surface area contributed by atoms with E-state index in [1.807, 2.05) is 23.6 Å². The highest BCUT2D eigenvalue weighted by atomic mass is 32.1. The predicted molar refractivity (Wildman–Crippen MR) is 109 cm³/mol. The van der Waals surface area contributed by atoms with Gasteiger partial charge in [0.25, 0.3) is 5.89 Å². The van der Waals surface area contributed by atoms with E-state index in [9.17, 15) is 9.18 Å². The van der Waals surface area contributed by atoms with Gasteiger partial charge in [-0.25, -0.2) is 4.39 Å². The zero-order valence-electron chi connectivity index (χ0n) is 16.2. The maximum atomic E-state index is 13.6. The normalized spacial score (nSPS) is 15.5. The second kappa shape index (κ2) is 8.84. The average Bonchev–Trinajstić information content (AvgIpc) is 3.41. The van der Waals surface area contributed by atoms with Crippen LogP contribution < -0.4 is 5.32 Å². The second-order valence-electron chi connectivity index (χ2n) is 7.34. The average molecular weight is 415 g/mol. The molecule has 1 aromatic carbocycles. The molecule has 152 valence electrons. The molecule has 0 aliphatic carbocycles. The predicted octanol–water partition coefficient (Wildman–Crippen LogP) is 3.77. The largest absolute Gasteiger partial charge is 0.352 e. The number of nitrogens with zero attached hydrogens (tertiary/aromatic N) is 3. The Morgan fingerprint density at radius 2 is 2.17 bits per heavy atom. The van der Waals surface area contributed by atoms with Crippen molar-refractivity contribution in [2.24, 2.45) is 5.92 Å². The SMILES string of the molecule is Cc1ccc(CNC(=O)C2CCN(Cc3noc(-c4cccs4)n3)CC2)cc1F. The topological polar surface area (TPSA) is 71.3 Å². The van der Waals surface area contributed by atoms with Crippen LogP contribution in [0.15, 0.2) is 40.2 Å². The van der Waals surface area contributed by atoms with Crippen molar-refractivity contribution >= 4 is 17.2 Å². The first kappa shape index (κ1) is 19.7. The molecule has 0 radical (unpaired) electrons. The van der Waals surface area contributed by atoms with E-state index in [0.717, 1.165) is 36.4 Å². The fourth-order valence-corrected chi connectivity index (χ4v) is 4.10. The van der Waals surface area contributed by atoms with Crippen molar-refractivity contribution in [3.63, 3.8) is 0 Å². The number of rotatable bonds is 6. The Morgan fingerprint density at radius 3 is 2.90 bits per heavy atom. The molecule has 1 aliphatic heterocycles.